The summed E-state index contributed by atoms with van der Waals surface area (Å²) in [6.45, 7) is 7.14. The van der Waals surface area contributed by atoms with Crippen molar-refractivity contribution in [2.45, 2.75) is 26.7 Å². The van der Waals surface area contributed by atoms with Crippen molar-refractivity contribution in [1.29, 1.82) is 0 Å². The van der Waals surface area contributed by atoms with E-state index < -0.39 is 0 Å². The summed E-state index contributed by atoms with van der Waals surface area (Å²) >= 11 is 0. The van der Waals surface area contributed by atoms with Crippen LogP contribution in [0.25, 0.3) is 22.2 Å². The van der Waals surface area contributed by atoms with Gasteiger partial charge in [-0.15, -0.1) is 0 Å². The van der Waals surface area contributed by atoms with Crippen LogP contribution in [0.3, 0.4) is 0 Å². The molecule has 0 radical (unpaired) electrons. The fourth-order valence-corrected chi connectivity index (χ4v) is 3.14. The Kier molecular flexibility index (Phi) is 3.56. The maximum Gasteiger partial charge on any atom is 0.0500 e. The van der Waals surface area contributed by atoms with Crippen molar-refractivity contribution < 1.29 is 0 Å². The molecule has 2 aromatic carbocycles. The van der Waals surface area contributed by atoms with E-state index >= 15 is 0 Å². The van der Waals surface area contributed by atoms with Crippen LogP contribution < -0.4 is 5.73 Å². The largest absolute Gasteiger partial charge is 0.354 e. The number of nitrogens with two attached hydrogens (primary N) is 1. The third-order valence-electron chi connectivity index (χ3n) is 4.10. The predicted molar refractivity (Wildman–Crippen MR) is 90.7 cm³/mol. The normalized spacial score (nSPS) is 12.8. The molecule has 0 fully saturated rings. The molecule has 0 spiro atoms. The second kappa shape index (κ2) is 5.38. The van der Waals surface area contributed by atoms with E-state index in [1.54, 1.807) is 0 Å². The van der Waals surface area contributed by atoms with E-state index in [1.165, 1.54) is 38.9 Å². The third kappa shape index (κ3) is 2.47. The first-order chi connectivity index (χ1) is 10.1. The zero-order chi connectivity index (χ0) is 15.0. The van der Waals surface area contributed by atoms with Gasteiger partial charge >= 0.3 is 0 Å². The summed E-state index contributed by atoms with van der Waals surface area (Å²) in [4.78, 5) is 3.59. The van der Waals surface area contributed by atoms with Crippen LogP contribution in [0.5, 0.6) is 0 Å². The van der Waals surface area contributed by atoms with Gasteiger partial charge in [-0.1, -0.05) is 42.3 Å². The highest BCUT2D eigenvalue weighted by molar-refractivity contribution is 5.91. The number of fused-ring (bicyclic) bond motifs is 1. The number of rotatable bonds is 3. The van der Waals surface area contributed by atoms with E-state index in [0.717, 1.165) is 0 Å². The number of para-hydroxylation sites is 1. The van der Waals surface area contributed by atoms with E-state index in [-0.39, 0.29) is 0 Å². The molecule has 2 nitrogen and oxygen atoms in total. The molecule has 1 unspecified atom stereocenters. The highest BCUT2D eigenvalue weighted by Crippen LogP contribution is 2.35. The summed E-state index contributed by atoms with van der Waals surface area (Å²) in [7, 11) is 0. The van der Waals surface area contributed by atoms with Crippen LogP contribution in [0.1, 0.15) is 29.5 Å². The van der Waals surface area contributed by atoms with Gasteiger partial charge in [0.05, 0.1) is 5.69 Å². The Morgan fingerprint density at radius 2 is 1.71 bits per heavy atom. The summed E-state index contributed by atoms with van der Waals surface area (Å²) in [6, 6.07) is 15.2. The van der Waals surface area contributed by atoms with Gasteiger partial charge < -0.3 is 10.7 Å². The molecule has 1 heterocycles. The lowest BCUT2D eigenvalue weighted by atomic mass is 9.93. The van der Waals surface area contributed by atoms with E-state index in [1.807, 2.05) is 0 Å². The molecule has 3 rings (SSSR count). The topological polar surface area (TPSA) is 41.8 Å². The Labute approximate surface area is 126 Å². The van der Waals surface area contributed by atoms with E-state index in [9.17, 15) is 0 Å². The number of hydrogen-bond donors (Lipinski definition) is 2. The molecular weight excluding hydrogens is 256 g/mol. The van der Waals surface area contributed by atoms with Crippen LogP contribution in [-0.4, -0.2) is 11.5 Å². The first-order valence-electron chi connectivity index (χ1n) is 7.49. The molecule has 0 bridgehead atoms. The minimum atomic E-state index is 0.331. The van der Waals surface area contributed by atoms with Crippen molar-refractivity contribution in [3.63, 3.8) is 0 Å². The van der Waals surface area contributed by atoms with Crippen molar-refractivity contribution in [1.82, 2.24) is 4.98 Å². The van der Waals surface area contributed by atoms with Gasteiger partial charge in [0.2, 0.25) is 0 Å². The summed E-state index contributed by atoms with van der Waals surface area (Å²) in [6.07, 6.45) is 0. The van der Waals surface area contributed by atoms with Gasteiger partial charge in [0.15, 0.2) is 0 Å². The highest BCUT2D eigenvalue weighted by Gasteiger charge is 2.17. The molecule has 3 N–H and O–H groups in total. The molecule has 0 aliphatic carbocycles. The molecular formula is C19H22N2. The van der Waals surface area contributed by atoms with Crippen LogP contribution >= 0.6 is 0 Å². The molecule has 1 atom stereocenters. The fourth-order valence-electron chi connectivity index (χ4n) is 3.14. The Morgan fingerprint density at radius 3 is 2.38 bits per heavy atom. The average molecular weight is 278 g/mol. The van der Waals surface area contributed by atoms with E-state index in [0.29, 0.717) is 12.5 Å². The molecule has 0 aliphatic heterocycles. The maximum atomic E-state index is 5.95. The zero-order valence-corrected chi connectivity index (χ0v) is 12.9. The predicted octanol–water partition coefficient (Wildman–Crippen LogP) is 4.51. The molecule has 21 heavy (non-hydrogen) atoms. The van der Waals surface area contributed by atoms with Gasteiger partial charge in [-0.2, -0.15) is 0 Å². The maximum absolute atomic E-state index is 5.95. The van der Waals surface area contributed by atoms with Crippen LogP contribution in [0.4, 0.5) is 0 Å². The smallest absolute Gasteiger partial charge is 0.0500 e. The average Bonchev–Trinajstić information content (AvgIpc) is 2.85. The monoisotopic (exact) mass is 278 g/mol. The second-order valence-electron chi connectivity index (χ2n) is 5.97. The summed E-state index contributed by atoms with van der Waals surface area (Å²) in [5, 5.41) is 1.28. The lowest BCUT2D eigenvalue weighted by molar-refractivity contribution is 0.782. The number of benzene rings is 2. The summed E-state index contributed by atoms with van der Waals surface area (Å²) in [5.41, 5.74) is 13.5. The van der Waals surface area contributed by atoms with Gasteiger partial charge in [-0.05, 0) is 55.6 Å². The Balaban J connectivity index is 2.30. The van der Waals surface area contributed by atoms with Crippen molar-refractivity contribution in [3.8, 4) is 11.3 Å². The van der Waals surface area contributed by atoms with E-state index in [4.69, 9.17) is 5.73 Å². The van der Waals surface area contributed by atoms with Crippen molar-refractivity contribution in [2.75, 3.05) is 6.54 Å². The molecule has 108 valence electrons. The number of aromatic nitrogens is 1. The highest BCUT2D eigenvalue weighted by atomic mass is 14.7. The number of nitrogens with one attached hydrogen (secondary N) is 1. The van der Waals surface area contributed by atoms with Gasteiger partial charge in [-0.25, -0.2) is 0 Å². The van der Waals surface area contributed by atoms with Crippen molar-refractivity contribution in [3.05, 3.63) is 59.2 Å². The minimum absolute atomic E-state index is 0.331. The molecule has 0 amide bonds. The molecule has 0 saturated heterocycles. The molecule has 0 aliphatic rings. The van der Waals surface area contributed by atoms with Crippen LogP contribution in [0.15, 0.2) is 42.5 Å². The zero-order valence-electron chi connectivity index (χ0n) is 12.9. The van der Waals surface area contributed by atoms with Crippen LogP contribution in [-0.2, 0) is 0 Å². The fraction of sp³-hybridized carbons (Fsp3) is 0.263. The minimum Gasteiger partial charge on any atom is -0.354 e. The van der Waals surface area contributed by atoms with Gasteiger partial charge in [0.1, 0.15) is 0 Å². The van der Waals surface area contributed by atoms with Crippen LogP contribution in [0, 0.1) is 13.8 Å². The summed E-state index contributed by atoms with van der Waals surface area (Å²) < 4.78 is 0. The van der Waals surface area contributed by atoms with Gasteiger partial charge in [-0.3, -0.25) is 0 Å². The van der Waals surface area contributed by atoms with Gasteiger partial charge in [0.25, 0.3) is 0 Å². The van der Waals surface area contributed by atoms with Gasteiger partial charge in [0, 0.05) is 10.9 Å². The Hall–Kier alpha value is -2.06. The quantitative estimate of drug-likeness (QED) is 0.727. The van der Waals surface area contributed by atoms with Crippen LogP contribution in [0.2, 0.25) is 0 Å². The number of H-pyrrole nitrogens is 1. The van der Waals surface area contributed by atoms with Crippen molar-refractivity contribution >= 4 is 10.9 Å². The Bertz CT molecular complexity index is 763. The number of hydrogen-bond acceptors (Lipinski definition) is 1. The number of aromatic amines is 1. The lowest BCUT2D eigenvalue weighted by Crippen LogP contribution is -2.09. The first-order valence-corrected chi connectivity index (χ1v) is 7.49. The summed E-state index contributed by atoms with van der Waals surface area (Å²) in [5.74, 6) is 0.331. The molecule has 1 aromatic heterocycles. The van der Waals surface area contributed by atoms with Crippen molar-refractivity contribution in [2.24, 2.45) is 5.73 Å². The molecule has 3 aromatic rings. The second-order valence-corrected chi connectivity index (χ2v) is 5.97. The molecule has 2 heteroatoms. The lowest BCUT2D eigenvalue weighted by Gasteiger charge is -2.12. The van der Waals surface area contributed by atoms with E-state index in [2.05, 4.69) is 68.2 Å². The number of aryl methyl sites for hydroxylation is 2. The Morgan fingerprint density at radius 1 is 1.05 bits per heavy atom. The third-order valence-corrected chi connectivity index (χ3v) is 4.10. The SMILES string of the molecule is Cc1cc(C)cc(-c2[nH]c3ccccc3c2C(C)CN)c1. The first kappa shape index (κ1) is 13.9. The standard InChI is InChI=1S/C19H22N2/c1-12-8-13(2)10-15(9-12)19-18(14(3)11-20)16-6-4-5-7-17(16)21-19/h4-10,14,21H,11,20H2,1-3H3. The molecule has 0 saturated carbocycles.